The van der Waals surface area contributed by atoms with Crippen molar-refractivity contribution in [3.63, 3.8) is 0 Å². The first kappa shape index (κ1) is 20.0. The van der Waals surface area contributed by atoms with Crippen LogP contribution in [0.15, 0.2) is 48.5 Å². The minimum absolute atomic E-state index is 0.0700. The molecule has 26 heavy (non-hydrogen) atoms. The monoisotopic (exact) mass is 368 g/mol. The standard InChI is InChI=1S/C21H24N2O2S/c1-16(2)25-14-17-7-9-18(10-8-17)21(24)23-11-12-26-15-20-6-4-3-5-19(20)13-22/h3-10,16H,11-12,14-15H2,1-2H3,(H,23,24). The molecule has 0 saturated heterocycles. The van der Waals surface area contributed by atoms with Crippen molar-refractivity contribution in [1.82, 2.24) is 5.32 Å². The second-order valence-electron chi connectivity index (χ2n) is 6.13. The Hall–Kier alpha value is -2.29. The summed E-state index contributed by atoms with van der Waals surface area (Å²) in [5.74, 6) is 1.50. The van der Waals surface area contributed by atoms with Crippen LogP contribution < -0.4 is 5.32 Å². The number of amides is 1. The third kappa shape index (κ3) is 6.55. The Morgan fingerprint density at radius 2 is 1.92 bits per heavy atom. The van der Waals surface area contributed by atoms with Gasteiger partial charge in [-0.2, -0.15) is 17.0 Å². The molecular weight excluding hydrogens is 344 g/mol. The Morgan fingerprint density at radius 3 is 2.62 bits per heavy atom. The Morgan fingerprint density at radius 1 is 1.19 bits per heavy atom. The maximum atomic E-state index is 12.2. The van der Waals surface area contributed by atoms with E-state index >= 15 is 0 Å². The van der Waals surface area contributed by atoms with Gasteiger partial charge in [0.2, 0.25) is 0 Å². The van der Waals surface area contributed by atoms with Crippen LogP contribution in [0.1, 0.15) is 40.9 Å². The maximum absolute atomic E-state index is 12.2. The molecular formula is C21H24N2O2S. The van der Waals surface area contributed by atoms with Gasteiger partial charge >= 0.3 is 0 Å². The summed E-state index contributed by atoms with van der Waals surface area (Å²) in [6.07, 6.45) is 0.190. The van der Waals surface area contributed by atoms with Crippen LogP contribution >= 0.6 is 11.8 Å². The van der Waals surface area contributed by atoms with Crippen molar-refractivity contribution in [1.29, 1.82) is 5.26 Å². The second-order valence-corrected chi connectivity index (χ2v) is 7.24. The molecule has 0 aliphatic carbocycles. The molecule has 1 amide bonds. The van der Waals surface area contributed by atoms with E-state index in [0.29, 0.717) is 24.3 Å². The lowest BCUT2D eigenvalue weighted by Crippen LogP contribution is -2.25. The number of nitrogens with one attached hydrogen (secondary N) is 1. The van der Waals surface area contributed by atoms with E-state index in [2.05, 4.69) is 11.4 Å². The highest BCUT2D eigenvalue weighted by molar-refractivity contribution is 7.98. The van der Waals surface area contributed by atoms with Gasteiger partial charge in [0.25, 0.3) is 5.91 Å². The summed E-state index contributed by atoms with van der Waals surface area (Å²) in [6, 6.07) is 17.3. The number of nitriles is 1. The van der Waals surface area contributed by atoms with Crippen molar-refractivity contribution < 1.29 is 9.53 Å². The van der Waals surface area contributed by atoms with E-state index in [9.17, 15) is 4.79 Å². The second kappa shape index (κ2) is 10.6. The summed E-state index contributed by atoms with van der Waals surface area (Å²) in [7, 11) is 0. The van der Waals surface area contributed by atoms with Gasteiger partial charge in [-0.3, -0.25) is 4.79 Å². The molecule has 0 radical (unpaired) electrons. The molecule has 4 nitrogen and oxygen atoms in total. The number of hydrogen-bond acceptors (Lipinski definition) is 4. The molecule has 0 spiro atoms. The van der Waals surface area contributed by atoms with Crippen molar-refractivity contribution >= 4 is 17.7 Å². The van der Waals surface area contributed by atoms with Crippen LogP contribution in [0, 0.1) is 11.3 Å². The third-order valence-corrected chi connectivity index (χ3v) is 4.73. The molecule has 0 atom stereocenters. The highest BCUT2D eigenvalue weighted by atomic mass is 32.2. The Labute approximate surface area is 159 Å². The molecule has 0 fully saturated rings. The molecule has 2 aromatic carbocycles. The highest BCUT2D eigenvalue weighted by Crippen LogP contribution is 2.15. The van der Waals surface area contributed by atoms with E-state index in [4.69, 9.17) is 10.00 Å². The Kier molecular flexibility index (Phi) is 8.20. The number of nitrogens with zero attached hydrogens (tertiary/aromatic N) is 1. The molecule has 5 heteroatoms. The number of thioether (sulfide) groups is 1. The van der Waals surface area contributed by atoms with Gasteiger partial charge < -0.3 is 10.1 Å². The van der Waals surface area contributed by atoms with Gasteiger partial charge in [-0.05, 0) is 43.2 Å². The van der Waals surface area contributed by atoms with Crippen molar-refractivity contribution in [2.75, 3.05) is 12.3 Å². The summed E-state index contributed by atoms with van der Waals surface area (Å²) in [6.45, 7) is 5.15. The predicted molar refractivity (Wildman–Crippen MR) is 106 cm³/mol. The minimum atomic E-state index is -0.0700. The van der Waals surface area contributed by atoms with E-state index in [1.54, 1.807) is 11.8 Å². The fourth-order valence-electron chi connectivity index (χ4n) is 2.29. The van der Waals surface area contributed by atoms with Gasteiger partial charge in [0.15, 0.2) is 0 Å². The summed E-state index contributed by atoms with van der Waals surface area (Å²) in [5, 5.41) is 12.0. The average Bonchev–Trinajstić information content (AvgIpc) is 2.66. The molecule has 2 aromatic rings. The van der Waals surface area contributed by atoms with Crippen LogP contribution in [-0.4, -0.2) is 24.3 Å². The largest absolute Gasteiger partial charge is 0.374 e. The molecule has 1 N–H and O–H groups in total. The zero-order valence-corrected chi connectivity index (χ0v) is 16.0. The number of hydrogen-bond donors (Lipinski definition) is 1. The fourth-order valence-corrected chi connectivity index (χ4v) is 3.15. The summed E-state index contributed by atoms with van der Waals surface area (Å²) >= 11 is 1.70. The lowest BCUT2D eigenvalue weighted by atomic mass is 10.1. The smallest absolute Gasteiger partial charge is 0.251 e. The summed E-state index contributed by atoms with van der Waals surface area (Å²) < 4.78 is 5.55. The van der Waals surface area contributed by atoms with Gasteiger partial charge in [-0.1, -0.05) is 30.3 Å². The number of ether oxygens (including phenoxy) is 1. The van der Waals surface area contributed by atoms with Gasteiger partial charge in [0.05, 0.1) is 24.3 Å². The van der Waals surface area contributed by atoms with Crippen LogP contribution in [0.2, 0.25) is 0 Å². The van der Waals surface area contributed by atoms with Crippen LogP contribution in [-0.2, 0) is 17.1 Å². The van der Waals surface area contributed by atoms with Crippen molar-refractivity contribution in [3.8, 4) is 6.07 Å². The molecule has 2 rings (SSSR count). The van der Waals surface area contributed by atoms with E-state index in [1.165, 1.54) is 0 Å². The third-order valence-electron chi connectivity index (χ3n) is 3.73. The molecule has 0 aliphatic rings. The maximum Gasteiger partial charge on any atom is 0.251 e. The van der Waals surface area contributed by atoms with Gasteiger partial charge in [-0.15, -0.1) is 0 Å². The van der Waals surface area contributed by atoms with Crippen LogP contribution in [0.3, 0.4) is 0 Å². The van der Waals surface area contributed by atoms with Crippen LogP contribution in [0.5, 0.6) is 0 Å². The first-order valence-electron chi connectivity index (χ1n) is 8.64. The van der Waals surface area contributed by atoms with E-state index < -0.39 is 0 Å². The normalized spacial score (nSPS) is 10.5. The zero-order valence-electron chi connectivity index (χ0n) is 15.2. The molecule has 0 heterocycles. The number of rotatable bonds is 9. The first-order chi connectivity index (χ1) is 12.6. The Balaban J connectivity index is 1.71. The molecule has 0 aliphatic heterocycles. The Bertz CT molecular complexity index is 751. The highest BCUT2D eigenvalue weighted by Gasteiger charge is 2.06. The van der Waals surface area contributed by atoms with Crippen LogP contribution in [0.4, 0.5) is 0 Å². The lowest BCUT2D eigenvalue weighted by Gasteiger charge is -2.09. The minimum Gasteiger partial charge on any atom is -0.374 e. The zero-order chi connectivity index (χ0) is 18.8. The van der Waals surface area contributed by atoms with Crippen LogP contribution in [0.25, 0.3) is 0 Å². The average molecular weight is 369 g/mol. The van der Waals surface area contributed by atoms with Gasteiger partial charge in [-0.25, -0.2) is 0 Å². The number of carbonyl (C=O) groups is 1. The lowest BCUT2D eigenvalue weighted by molar-refractivity contribution is 0.0657. The molecule has 0 unspecified atom stereocenters. The van der Waals surface area contributed by atoms with Crippen molar-refractivity contribution in [2.45, 2.75) is 32.3 Å². The van der Waals surface area contributed by atoms with E-state index in [1.807, 2.05) is 62.4 Å². The van der Waals surface area contributed by atoms with Gasteiger partial charge in [0, 0.05) is 23.6 Å². The van der Waals surface area contributed by atoms with Crippen molar-refractivity contribution in [3.05, 3.63) is 70.8 Å². The topological polar surface area (TPSA) is 62.1 Å². The molecule has 0 saturated carbocycles. The quantitative estimate of drug-likeness (QED) is 0.676. The van der Waals surface area contributed by atoms with E-state index in [0.717, 1.165) is 22.6 Å². The SMILES string of the molecule is CC(C)OCc1ccc(C(=O)NCCSCc2ccccc2C#N)cc1. The molecule has 136 valence electrons. The predicted octanol–water partition coefficient (Wildman–Crippen LogP) is 4.15. The fraction of sp³-hybridized carbons (Fsp3) is 0.333. The van der Waals surface area contributed by atoms with Gasteiger partial charge in [0.1, 0.15) is 0 Å². The van der Waals surface area contributed by atoms with E-state index in [-0.39, 0.29) is 12.0 Å². The number of benzene rings is 2. The first-order valence-corrected chi connectivity index (χ1v) is 9.80. The molecule has 0 aromatic heterocycles. The molecule has 0 bridgehead atoms. The number of carbonyl (C=O) groups excluding carboxylic acids is 1. The summed E-state index contributed by atoms with van der Waals surface area (Å²) in [4.78, 5) is 12.2. The van der Waals surface area contributed by atoms with Crippen molar-refractivity contribution in [2.24, 2.45) is 0 Å². The summed E-state index contributed by atoms with van der Waals surface area (Å²) in [5.41, 5.74) is 3.45.